The summed E-state index contributed by atoms with van der Waals surface area (Å²) < 4.78 is 0. The third kappa shape index (κ3) is 5.09. The lowest BCUT2D eigenvalue weighted by molar-refractivity contribution is 0.112. The van der Waals surface area contributed by atoms with Crippen molar-refractivity contribution in [2.45, 2.75) is 99.0 Å². The maximum Gasteiger partial charge on any atom is 0.0577 e. The summed E-state index contributed by atoms with van der Waals surface area (Å²) in [6.07, 6.45) is 19.5. The fourth-order valence-electron chi connectivity index (χ4n) is 6.50. The molecule has 0 amide bonds. The predicted octanol–water partition coefficient (Wildman–Crippen LogP) is 7.72. The number of hydrogen-bond acceptors (Lipinski definition) is 1. The van der Waals surface area contributed by atoms with E-state index in [9.17, 15) is 5.11 Å². The van der Waals surface area contributed by atoms with Gasteiger partial charge in [0, 0.05) is 0 Å². The Morgan fingerprint density at radius 3 is 2.41 bits per heavy atom. The first-order chi connectivity index (χ1) is 13.7. The molecular formula is C28H46O. The first kappa shape index (κ1) is 22.9. The van der Waals surface area contributed by atoms with Crippen molar-refractivity contribution in [2.24, 2.45) is 40.9 Å². The van der Waals surface area contributed by atoms with Gasteiger partial charge in [0.15, 0.2) is 0 Å². The molecule has 0 aromatic carbocycles. The number of aliphatic hydroxyl groups excluding tert-OH is 1. The van der Waals surface area contributed by atoms with Gasteiger partial charge in [-0.25, -0.2) is 0 Å². The van der Waals surface area contributed by atoms with E-state index in [1.807, 2.05) is 0 Å². The average Bonchev–Trinajstić information content (AvgIpc) is 3.04. The molecule has 1 nitrogen and oxygen atoms in total. The number of hydrogen-bond donors (Lipinski definition) is 1. The SMILES string of the molecule is CC(C)[C@@H](C)/C=C/[C@@H](C)[C@H]1CC[C@H]2/C(=C/C=C3\C[C@H](O)CC[C@@H]3C)CCC[C@]12C. The van der Waals surface area contributed by atoms with Crippen molar-refractivity contribution in [1.29, 1.82) is 0 Å². The molecule has 29 heavy (non-hydrogen) atoms. The molecule has 3 saturated carbocycles. The van der Waals surface area contributed by atoms with Crippen LogP contribution in [-0.4, -0.2) is 11.2 Å². The summed E-state index contributed by atoms with van der Waals surface area (Å²) in [6, 6.07) is 0. The second kappa shape index (κ2) is 9.54. The molecule has 7 atom stereocenters. The Morgan fingerprint density at radius 2 is 1.69 bits per heavy atom. The van der Waals surface area contributed by atoms with Crippen molar-refractivity contribution in [2.75, 3.05) is 0 Å². The van der Waals surface area contributed by atoms with Crippen LogP contribution in [0.4, 0.5) is 0 Å². The van der Waals surface area contributed by atoms with E-state index >= 15 is 0 Å². The van der Waals surface area contributed by atoms with Crippen LogP contribution >= 0.6 is 0 Å². The number of fused-ring (bicyclic) bond motifs is 1. The fraction of sp³-hybridized carbons (Fsp3) is 0.786. The van der Waals surface area contributed by atoms with Crippen LogP contribution in [-0.2, 0) is 0 Å². The minimum atomic E-state index is -0.121. The summed E-state index contributed by atoms with van der Waals surface area (Å²) in [7, 11) is 0. The highest BCUT2D eigenvalue weighted by Gasteiger charge is 2.50. The molecular weight excluding hydrogens is 352 g/mol. The molecule has 0 heterocycles. The maximum absolute atomic E-state index is 10.1. The van der Waals surface area contributed by atoms with Gasteiger partial charge >= 0.3 is 0 Å². The summed E-state index contributed by atoms with van der Waals surface area (Å²) in [5, 5.41) is 10.1. The van der Waals surface area contributed by atoms with Gasteiger partial charge in [0.2, 0.25) is 0 Å². The Labute approximate surface area is 180 Å². The maximum atomic E-state index is 10.1. The summed E-state index contributed by atoms with van der Waals surface area (Å²) >= 11 is 0. The van der Waals surface area contributed by atoms with Crippen LogP contribution in [0.3, 0.4) is 0 Å². The normalized spacial score (nSPS) is 40.7. The summed E-state index contributed by atoms with van der Waals surface area (Å²) in [6.45, 7) is 14.4. The van der Waals surface area contributed by atoms with Crippen molar-refractivity contribution in [3.8, 4) is 0 Å². The molecule has 3 rings (SSSR count). The quantitative estimate of drug-likeness (QED) is 0.470. The van der Waals surface area contributed by atoms with Gasteiger partial charge in [0.05, 0.1) is 6.10 Å². The molecule has 0 aromatic heterocycles. The molecule has 0 saturated heterocycles. The predicted molar refractivity (Wildman–Crippen MR) is 126 cm³/mol. The Hall–Kier alpha value is -0.820. The van der Waals surface area contributed by atoms with Crippen LogP contribution in [0, 0.1) is 40.9 Å². The third-order valence-corrected chi connectivity index (χ3v) is 8.99. The minimum absolute atomic E-state index is 0.121. The first-order valence-corrected chi connectivity index (χ1v) is 12.5. The molecule has 3 fully saturated rings. The zero-order valence-electron chi connectivity index (χ0n) is 20.0. The minimum Gasteiger partial charge on any atom is -0.393 e. The molecule has 1 heteroatoms. The van der Waals surface area contributed by atoms with E-state index in [0.29, 0.717) is 23.2 Å². The van der Waals surface area contributed by atoms with Crippen LogP contribution in [0.25, 0.3) is 0 Å². The average molecular weight is 399 g/mol. The molecule has 3 aliphatic carbocycles. The van der Waals surface area contributed by atoms with E-state index in [-0.39, 0.29) is 6.10 Å². The monoisotopic (exact) mass is 398 g/mol. The van der Waals surface area contributed by atoms with Gasteiger partial charge in [-0.3, -0.25) is 0 Å². The van der Waals surface area contributed by atoms with Crippen LogP contribution in [0.1, 0.15) is 92.9 Å². The van der Waals surface area contributed by atoms with Crippen molar-refractivity contribution in [3.63, 3.8) is 0 Å². The molecule has 0 aliphatic heterocycles. The van der Waals surface area contributed by atoms with Crippen molar-refractivity contribution < 1.29 is 5.11 Å². The lowest BCUT2D eigenvalue weighted by Crippen LogP contribution is -2.35. The van der Waals surface area contributed by atoms with Crippen LogP contribution in [0.5, 0.6) is 0 Å². The van der Waals surface area contributed by atoms with Gasteiger partial charge in [-0.2, -0.15) is 0 Å². The molecule has 164 valence electrons. The van der Waals surface area contributed by atoms with E-state index in [2.05, 4.69) is 65.8 Å². The van der Waals surface area contributed by atoms with Crippen molar-refractivity contribution in [3.05, 3.63) is 35.5 Å². The molecule has 0 bridgehead atoms. The van der Waals surface area contributed by atoms with Crippen molar-refractivity contribution >= 4 is 0 Å². The van der Waals surface area contributed by atoms with E-state index in [1.165, 1.54) is 37.7 Å². The Kier molecular flexibility index (Phi) is 7.52. The molecule has 0 radical (unpaired) electrons. The highest BCUT2D eigenvalue weighted by molar-refractivity contribution is 5.27. The van der Waals surface area contributed by atoms with Crippen molar-refractivity contribution in [1.82, 2.24) is 0 Å². The number of rotatable bonds is 5. The highest BCUT2D eigenvalue weighted by Crippen LogP contribution is 2.59. The van der Waals surface area contributed by atoms with E-state index < -0.39 is 0 Å². The van der Waals surface area contributed by atoms with Crippen LogP contribution in [0.2, 0.25) is 0 Å². The number of allylic oxidation sites excluding steroid dienone is 5. The van der Waals surface area contributed by atoms with E-state index in [1.54, 1.807) is 5.57 Å². The van der Waals surface area contributed by atoms with Gasteiger partial charge in [-0.15, -0.1) is 0 Å². The highest BCUT2D eigenvalue weighted by atomic mass is 16.3. The molecule has 0 unspecified atom stereocenters. The topological polar surface area (TPSA) is 20.2 Å². The van der Waals surface area contributed by atoms with E-state index in [4.69, 9.17) is 0 Å². The van der Waals surface area contributed by atoms with Gasteiger partial charge in [0.25, 0.3) is 0 Å². The fourth-order valence-corrected chi connectivity index (χ4v) is 6.50. The Balaban J connectivity index is 1.74. The Bertz CT molecular complexity index is 639. The smallest absolute Gasteiger partial charge is 0.0577 e. The van der Waals surface area contributed by atoms with Crippen LogP contribution < -0.4 is 0 Å². The van der Waals surface area contributed by atoms with Gasteiger partial charge < -0.3 is 5.11 Å². The van der Waals surface area contributed by atoms with Gasteiger partial charge in [-0.05, 0) is 92.3 Å². The van der Waals surface area contributed by atoms with Gasteiger partial charge in [0.1, 0.15) is 0 Å². The lowest BCUT2D eigenvalue weighted by atomic mass is 9.61. The molecule has 0 aromatic rings. The van der Waals surface area contributed by atoms with Gasteiger partial charge in [-0.1, -0.05) is 77.0 Å². The lowest BCUT2D eigenvalue weighted by Gasteiger charge is -2.44. The first-order valence-electron chi connectivity index (χ1n) is 12.5. The summed E-state index contributed by atoms with van der Waals surface area (Å²) in [5.41, 5.74) is 3.63. The Morgan fingerprint density at radius 1 is 0.966 bits per heavy atom. The molecule has 1 N–H and O–H groups in total. The standard InChI is InChI=1S/C28H46O/c1-19(2)20(3)9-10-22(5)26-15-16-27-23(8-7-17-28(26,27)6)12-13-24-18-25(29)14-11-21(24)4/h9-10,12-13,19-22,25-27,29H,7-8,11,14-18H2,1-6H3/b10-9+,23-12+,24-13+/t20-,21-,22+,25+,26+,27-,28+/m0/s1. The largest absolute Gasteiger partial charge is 0.393 e. The second-order valence-electron chi connectivity index (χ2n) is 11.3. The molecule has 3 aliphatic rings. The molecule has 0 spiro atoms. The second-order valence-corrected chi connectivity index (χ2v) is 11.3. The summed E-state index contributed by atoms with van der Waals surface area (Å²) in [5.74, 6) is 4.29. The zero-order chi connectivity index (χ0) is 21.2. The summed E-state index contributed by atoms with van der Waals surface area (Å²) in [4.78, 5) is 0. The zero-order valence-corrected chi connectivity index (χ0v) is 20.0. The third-order valence-electron chi connectivity index (χ3n) is 8.99. The number of aliphatic hydroxyl groups is 1. The van der Waals surface area contributed by atoms with E-state index in [0.717, 1.165) is 37.0 Å². The van der Waals surface area contributed by atoms with Crippen LogP contribution in [0.15, 0.2) is 35.5 Å².